The molecule has 0 aliphatic carbocycles. The maximum absolute atomic E-state index is 12.8. The van der Waals surface area contributed by atoms with Gasteiger partial charge in [-0.2, -0.15) is 0 Å². The lowest BCUT2D eigenvalue weighted by atomic mass is 10.1. The first-order valence-electron chi connectivity index (χ1n) is 26.8. The second kappa shape index (κ2) is 54.2. The molecule has 0 radical (unpaired) electrons. The number of carbonyl (C=O) groups excluding carboxylic acids is 2. The van der Waals surface area contributed by atoms with Crippen LogP contribution in [0.15, 0.2) is 97.2 Å². The number of hydrogen-bond donors (Lipinski definition) is 0. The highest BCUT2D eigenvalue weighted by molar-refractivity contribution is 5.70. The zero-order chi connectivity index (χ0) is 46.3. The zero-order valence-corrected chi connectivity index (χ0v) is 42.0. The van der Waals surface area contributed by atoms with Gasteiger partial charge in [0.15, 0.2) is 6.10 Å². The maximum Gasteiger partial charge on any atom is 0.306 e. The lowest BCUT2D eigenvalue weighted by Gasteiger charge is -2.18. The van der Waals surface area contributed by atoms with Crippen molar-refractivity contribution < 1.29 is 23.8 Å². The van der Waals surface area contributed by atoms with E-state index in [1.54, 1.807) is 0 Å². The molecule has 1 atom stereocenters. The van der Waals surface area contributed by atoms with E-state index in [2.05, 4.69) is 118 Å². The van der Waals surface area contributed by atoms with Crippen LogP contribution in [0.25, 0.3) is 0 Å². The van der Waals surface area contributed by atoms with E-state index in [9.17, 15) is 9.59 Å². The van der Waals surface area contributed by atoms with E-state index in [4.69, 9.17) is 14.2 Å². The van der Waals surface area contributed by atoms with Gasteiger partial charge in [0, 0.05) is 19.4 Å². The van der Waals surface area contributed by atoms with E-state index in [0.29, 0.717) is 19.4 Å². The van der Waals surface area contributed by atoms with Crippen molar-refractivity contribution in [3.63, 3.8) is 0 Å². The van der Waals surface area contributed by atoms with Gasteiger partial charge in [0.2, 0.25) is 0 Å². The Bertz CT molecular complexity index is 1230. The van der Waals surface area contributed by atoms with Crippen LogP contribution in [0.3, 0.4) is 0 Å². The molecule has 5 heteroatoms. The van der Waals surface area contributed by atoms with Gasteiger partial charge in [0.25, 0.3) is 0 Å². The number of carbonyl (C=O) groups is 2. The Morgan fingerprint density at radius 1 is 0.359 bits per heavy atom. The van der Waals surface area contributed by atoms with Crippen molar-refractivity contribution in [3.8, 4) is 0 Å². The van der Waals surface area contributed by atoms with Crippen molar-refractivity contribution in [2.45, 2.75) is 245 Å². The molecule has 0 aliphatic rings. The minimum atomic E-state index is -0.560. The topological polar surface area (TPSA) is 61.8 Å². The van der Waals surface area contributed by atoms with Gasteiger partial charge in [-0.15, -0.1) is 0 Å². The Hall–Kier alpha value is -3.18. The first-order valence-corrected chi connectivity index (χ1v) is 26.8. The monoisotopic (exact) mass is 889 g/mol. The summed E-state index contributed by atoms with van der Waals surface area (Å²) in [6, 6.07) is 0. The lowest BCUT2D eigenvalue weighted by molar-refractivity contribution is -0.163. The first-order chi connectivity index (χ1) is 31.6. The third kappa shape index (κ3) is 51.5. The second-order valence-corrected chi connectivity index (χ2v) is 17.4. The number of unbranched alkanes of at least 4 members (excludes halogenated alkanes) is 21. The number of hydrogen-bond acceptors (Lipinski definition) is 5. The molecular formula is C59H100O5. The summed E-state index contributed by atoms with van der Waals surface area (Å²) >= 11 is 0. The average molecular weight is 889 g/mol. The zero-order valence-electron chi connectivity index (χ0n) is 42.0. The molecule has 0 aromatic heterocycles. The van der Waals surface area contributed by atoms with Crippen LogP contribution in [0.5, 0.6) is 0 Å². The number of rotatable bonds is 48. The fourth-order valence-corrected chi connectivity index (χ4v) is 7.16. The Labute approximate surface area is 396 Å². The SMILES string of the molecule is CC/C=C\C/C=C\C/C=C\CCCCCCCCCC(=O)OCC(COCCCCCCCC/C=C\C/C=C\CCCCC)OC(=O)CCCCCCC/C=C\C/C=C\C/C=C\CC. The maximum atomic E-state index is 12.8. The molecule has 0 N–H and O–H groups in total. The minimum absolute atomic E-state index is 0.0640. The fraction of sp³-hybridized carbons (Fsp3) is 0.695. The van der Waals surface area contributed by atoms with Crippen LogP contribution in [0.1, 0.15) is 239 Å². The summed E-state index contributed by atoms with van der Waals surface area (Å²) < 4.78 is 17.4. The van der Waals surface area contributed by atoms with Crippen molar-refractivity contribution in [2.75, 3.05) is 19.8 Å². The first kappa shape index (κ1) is 60.8. The predicted octanol–water partition coefficient (Wildman–Crippen LogP) is 18.2. The number of ether oxygens (including phenoxy) is 3. The molecule has 0 heterocycles. The molecule has 5 nitrogen and oxygen atoms in total. The van der Waals surface area contributed by atoms with Crippen LogP contribution in [-0.2, 0) is 23.8 Å². The summed E-state index contributed by atoms with van der Waals surface area (Å²) in [6.07, 6.45) is 72.7. The Balaban J connectivity index is 4.35. The lowest BCUT2D eigenvalue weighted by Crippen LogP contribution is -2.30. The van der Waals surface area contributed by atoms with Crippen molar-refractivity contribution in [1.82, 2.24) is 0 Å². The minimum Gasteiger partial charge on any atom is -0.462 e. The van der Waals surface area contributed by atoms with E-state index in [1.807, 2.05) is 0 Å². The van der Waals surface area contributed by atoms with Gasteiger partial charge in [-0.3, -0.25) is 9.59 Å². The molecule has 0 spiro atoms. The highest BCUT2D eigenvalue weighted by atomic mass is 16.6. The standard InChI is InChI=1S/C59H100O5/c1-4-7-10-13-16-19-22-25-28-30-32-34-37-40-43-46-49-52-58(60)63-56-57(55-62-54-51-48-45-42-39-36-33-29-26-23-20-17-14-11-8-5-2)64-59(61)53-50-47-44-41-38-35-31-27-24-21-18-15-12-9-6-3/h7,9-10,12,16-21,25-29,31,57H,4-6,8,11,13-15,22-24,30,32-56H2,1-3H3/b10-7-,12-9-,19-16-,20-17-,21-18-,28-25-,29-26-,31-27-. The van der Waals surface area contributed by atoms with Gasteiger partial charge in [-0.05, 0) is 116 Å². The predicted molar refractivity (Wildman–Crippen MR) is 279 cm³/mol. The van der Waals surface area contributed by atoms with E-state index in [-0.39, 0.29) is 25.2 Å². The van der Waals surface area contributed by atoms with Gasteiger partial charge in [-0.1, -0.05) is 208 Å². The van der Waals surface area contributed by atoms with Crippen LogP contribution < -0.4 is 0 Å². The Morgan fingerprint density at radius 3 is 1.12 bits per heavy atom. The molecule has 0 amide bonds. The molecule has 1 unspecified atom stereocenters. The highest BCUT2D eigenvalue weighted by Crippen LogP contribution is 2.13. The second-order valence-electron chi connectivity index (χ2n) is 17.4. The van der Waals surface area contributed by atoms with Gasteiger partial charge in [0.05, 0.1) is 6.61 Å². The van der Waals surface area contributed by atoms with Crippen LogP contribution in [0.4, 0.5) is 0 Å². The van der Waals surface area contributed by atoms with Crippen LogP contribution in [-0.4, -0.2) is 37.9 Å². The van der Waals surface area contributed by atoms with E-state index in [0.717, 1.165) is 109 Å². The smallest absolute Gasteiger partial charge is 0.306 e. The average Bonchev–Trinajstić information content (AvgIpc) is 3.30. The van der Waals surface area contributed by atoms with Gasteiger partial charge in [0.1, 0.15) is 6.61 Å². The van der Waals surface area contributed by atoms with Crippen LogP contribution >= 0.6 is 0 Å². The van der Waals surface area contributed by atoms with E-state index >= 15 is 0 Å². The summed E-state index contributed by atoms with van der Waals surface area (Å²) in [6.45, 7) is 7.53. The Kier molecular flexibility index (Phi) is 51.5. The molecule has 0 aliphatic heterocycles. The molecule has 64 heavy (non-hydrogen) atoms. The molecule has 0 aromatic carbocycles. The summed E-state index contributed by atoms with van der Waals surface area (Å²) in [4.78, 5) is 25.5. The third-order valence-electron chi connectivity index (χ3n) is 11.1. The quantitative estimate of drug-likeness (QED) is 0.0346. The summed E-state index contributed by atoms with van der Waals surface area (Å²) in [5.74, 6) is -0.435. The van der Waals surface area contributed by atoms with Gasteiger partial charge in [-0.25, -0.2) is 0 Å². The fourth-order valence-electron chi connectivity index (χ4n) is 7.16. The molecule has 0 fully saturated rings. The summed E-state index contributed by atoms with van der Waals surface area (Å²) in [7, 11) is 0. The Morgan fingerprint density at radius 2 is 0.703 bits per heavy atom. The van der Waals surface area contributed by atoms with Gasteiger partial charge < -0.3 is 14.2 Å². The van der Waals surface area contributed by atoms with Gasteiger partial charge >= 0.3 is 11.9 Å². The van der Waals surface area contributed by atoms with Crippen LogP contribution in [0, 0.1) is 0 Å². The van der Waals surface area contributed by atoms with E-state index < -0.39 is 6.10 Å². The van der Waals surface area contributed by atoms with Crippen molar-refractivity contribution in [3.05, 3.63) is 97.2 Å². The van der Waals surface area contributed by atoms with Crippen LogP contribution in [0.2, 0.25) is 0 Å². The normalized spacial score (nSPS) is 13.0. The molecule has 0 saturated heterocycles. The number of esters is 2. The molecule has 0 aromatic rings. The summed E-state index contributed by atoms with van der Waals surface area (Å²) in [5.41, 5.74) is 0. The molecular weight excluding hydrogens is 789 g/mol. The van der Waals surface area contributed by atoms with Crippen molar-refractivity contribution in [1.29, 1.82) is 0 Å². The van der Waals surface area contributed by atoms with Crippen molar-refractivity contribution in [2.24, 2.45) is 0 Å². The highest BCUT2D eigenvalue weighted by Gasteiger charge is 2.17. The molecule has 0 bridgehead atoms. The third-order valence-corrected chi connectivity index (χ3v) is 11.1. The van der Waals surface area contributed by atoms with Crippen molar-refractivity contribution >= 4 is 11.9 Å². The molecule has 366 valence electrons. The molecule has 0 rings (SSSR count). The molecule has 0 saturated carbocycles. The number of allylic oxidation sites excluding steroid dienone is 16. The largest absolute Gasteiger partial charge is 0.462 e. The van der Waals surface area contributed by atoms with E-state index in [1.165, 1.54) is 96.3 Å². The summed E-state index contributed by atoms with van der Waals surface area (Å²) in [5, 5.41) is 0.